The average Bonchev–Trinajstić information content (AvgIpc) is 2.89. The summed E-state index contributed by atoms with van der Waals surface area (Å²) in [7, 11) is 0. The van der Waals surface area contributed by atoms with Gasteiger partial charge in [0.05, 0.1) is 6.54 Å². The van der Waals surface area contributed by atoms with Gasteiger partial charge in [0.2, 0.25) is 0 Å². The highest BCUT2D eigenvalue weighted by molar-refractivity contribution is 4.88. The Hall–Kier alpha value is -0.830. The zero-order chi connectivity index (χ0) is 10.7. The summed E-state index contributed by atoms with van der Waals surface area (Å²) in [5.41, 5.74) is 0. The van der Waals surface area contributed by atoms with E-state index in [9.17, 15) is 0 Å². The fraction of sp³-hybridized carbons (Fsp3) is 0.750. The summed E-state index contributed by atoms with van der Waals surface area (Å²) < 4.78 is 1.98. The lowest BCUT2D eigenvalue weighted by Gasteiger charge is -2.22. The van der Waals surface area contributed by atoms with Crippen LogP contribution in [0, 0.1) is 11.8 Å². The van der Waals surface area contributed by atoms with Gasteiger partial charge in [0.25, 0.3) is 0 Å². The van der Waals surface area contributed by atoms with Crippen molar-refractivity contribution in [2.24, 2.45) is 11.8 Å². The summed E-state index contributed by atoms with van der Waals surface area (Å²) in [5, 5.41) is 7.85. The zero-order valence-electron chi connectivity index (χ0n) is 9.69. The SMILES string of the molecule is CC(C)C(NCCn1cccn1)C1CC1. The fourth-order valence-corrected chi connectivity index (χ4v) is 2.18. The van der Waals surface area contributed by atoms with Crippen LogP contribution in [0.5, 0.6) is 0 Å². The van der Waals surface area contributed by atoms with Crippen LogP contribution in [0.4, 0.5) is 0 Å². The summed E-state index contributed by atoms with van der Waals surface area (Å²) in [5.74, 6) is 1.68. The first-order chi connectivity index (χ1) is 7.27. The first-order valence-corrected chi connectivity index (χ1v) is 5.98. The first-order valence-electron chi connectivity index (χ1n) is 5.98. The molecule has 1 unspecified atom stereocenters. The number of hydrogen-bond acceptors (Lipinski definition) is 2. The molecule has 15 heavy (non-hydrogen) atoms. The van der Waals surface area contributed by atoms with E-state index in [1.54, 1.807) is 0 Å². The highest BCUT2D eigenvalue weighted by atomic mass is 15.3. The number of hydrogen-bond donors (Lipinski definition) is 1. The standard InChI is InChI=1S/C12H21N3/c1-10(2)12(11-4-5-11)13-7-9-15-8-3-6-14-15/h3,6,8,10-13H,4-5,7,9H2,1-2H3. The number of aromatic nitrogens is 2. The molecule has 0 amide bonds. The lowest BCUT2D eigenvalue weighted by molar-refractivity contribution is 0.351. The minimum atomic E-state index is 0.709. The lowest BCUT2D eigenvalue weighted by Crippen LogP contribution is -2.37. The van der Waals surface area contributed by atoms with Gasteiger partial charge in [0.15, 0.2) is 0 Å². The molecule has 84 valence electrons. The molecule has 1 aliphatic carbocycles. The van der Waals surface area contributed by atoms with E-state index in [1.165, 1.54) is 12.8 Å². The Kier molecular flexibility index (Phi) is 3.41. The molecular weight excluding hydrogens is 186 g/mol. The zero-order valence-corrected chi connectivity index (χ0v) is 9.69. The molecule has 0 aliphatic heterocycles. The van der Waals surface area contributed by atoms with Crippen LogP contribution in [0.15, 0.2) is 18.5 Å². The highest BCUT2D eigenvalue weighted by Gasteiger charge is 2.32. The van der Waals surface area contributed by atoms with E-state index in [0.29, 0.717) is 6.04 Å². The van der Waals surface area contributed by atoms with Crippen LogP contribution >= 0.6 is 0 Å². The maximum Gasteiger partial charge on any atom is 0.0534 e. The van der Waals surface area contributed by atoms with Gasteiger partial charge in [0.1, 0.15) is 0 Å². The van der Waals surface area contributed by atoms with Crippen LogP contribution < -0.4 is 5.32 Å². The van der Waals surface area contributed by atoms with E-state index in [-0.39, 0.29) is 0 Å². The predicted octanol–water partition coefficient (Wildman–Crippen LogP) is 1.91. The Morgan fingerprint density at radius 2 is 2.27 bits per heavy atom. The number of rotatable bonds is 6. The van der Waals surface area contributed by atoms with Crippen molar-refractivity contribution in [1.29, 1.82) is 0 Å². The van der Waals surface area contributed by atoms with E-state index >= 15 is 0 Å². The molecule has 0 spiro atoms. The smallest absolute Gasteiger partial charge is 0.0534 e. The molecule has 3 nitrogen and oxygen atoms in total. The summed E-state index contributed by atoms with van der Waals surface area (Å²) in [6.07, 6.45) is 6.68. The van der Waals surface area contributed by atoms with E-state index in [0.717, 1.165) is 24.9 Å². The lowest BCUT2D eigenvalue weighted by atomic mass is 10.00. The summed E-state index contributed by atoms with van der Waals surface area (Å²) in [6, 6.07) is 2.68. The Morgan fingerprint density at radius 3 is 2.80 bits per heavy atom. The van der Waals surface area contributed by atoms with E-state index in [4.69, 9.17) is 0 Å². The van der Waals surface area contributed by atoms with Crippen LogP contribution in [-0.4, -0.2) is 22.4 Å². The van der Waals surface area contributed by atoms with Crippen molar-refractivity contribution in [3.05, 3.63) is 18.5 Å². The largest absolute Gasteiger partial charge is 0.312 e. The van der Waals surface area contributed by atoms with Gasteiger partial charge in [-0.1, -0.05) is 13.8 Å². The van der Waals surface area contributed by atoms with Crippen LogP contribution in [0.2, 0.25) is 0 Å². The Balaban J connectivity index is 1.71. The van der Waals surface area contributed by atoms with Crippen molar-refractivity contribution < 1.29 is 0 Å². The van der Waals surface area contributed by atoms with Gasteiger partial charge in [-0.05, 0) is 30.7 Å². The number of nitrogens with one attached hydrogen (secondary N) is 1. The summed E-state index contributed by atoms with van der Waals surface area (Å²) in [4.78, 5) is 0. The van der Waals surface area contributed by atoms with E-state index in [1.807, 2.05) is 23.1 Å². The van der Waals surface area contributed by atoms with Gasteiger partial charge in [-0.25, -0.2) is 0 Å². The maximum absolute atomic E-state index is 4.20. The van der Waals surface area contributed by atoms with Crippen LogP contribution in [-0.2, 0) is 6.54 Å². The van der Waals surface area contributed by atoms with Gasteiger partial charge < -0.3 is 5.32 Å². The van der Waals surface area contributed by atoms with Crippen molar-refractivity contribution in [3.8, 4) is 0 Å². The molecule has 1 N–H and O–H groups in total. The third kappa shape index (κ3) is 3.06. The van der Waals surface area contributed by atoms with Gasteiger partial charge in [-0.15, -0.1) is 0 Å². The first kappa shape index (κ1) is 10.7. The third-order valence-electron chi connectivity index (χ3n) is 3.13. The van der Waals surface area contributed by atoms with Crippen LogP contribution in [0.1, 0.15) is 26.7 Å². The molecule has 2 rings (SSSR count). The predicted molar refractivity (Wildman–Crippen MR) is 61.6 cm³/mol. The van der Waals surface area contributed by atoms with Crippen molar-refractivity contribution >= 4 is 0 Å². The molecule has 3 heteroatoms. The Bertz CT molecular complexity index is 273. The average molecular weight is 207 g/mol. The van der Waals surface area contributed by atoms with Gasteiger partial charge in [-0.2, -0.15) is 5.10 Å². The quantitative estimate of drug-likeness (QED) is 0.772. The number of nitrogens with zero attached hydrogens (tertiary/aromatic N) is 2. The molecule has 1 heterocycles. The molecule has 0 saturated heterocycles. The van der Waals surface area contributed by atoms with Crippen molar-refractivity contribution in [2.45, 2.75) is 39.3 Å². The van der Waals surface area contributed by atoms with Crippen LogP contribution in [0.25, 0.3) is 0 Å². The normalized spacial score (nSPS) is 18.3. The molecule has 1 fully saturated rings. The van der Waals surface area contributed by atoms with E-state index < -0.39 is 0 Å². The van der Waals surface area contributed by atoms with Gasteiger partial charge >= 0.3 is 0 Å². The van der Waals surface area contributed by atoms with Crippen LogP contribution in [0.3, 0.4) is 0 Å². The molecule has 1 aromatic heterocycles. The minimum absolute atomic E-state index is 0.709. The van der Waals surface area contributed by atoms with Gasteiger partial charge in [-0.3, -0.25) is 4.68 Å². The molecule has 0 aromatic carbocycles. The second-order valence-electron chi connectivity index (χ2n) is 4.83. The van der Waals surface area contributed by atoms with Crippen molar-refractivity contribution in [2.75, 3.05) is 6.54 Å². The summed E-state index contributed by atoms with van der Waals surface area (Å²) >= 11 is 0. The topological polar surface area (TPSA) is 29.9 Å². The molecule has 1 aliphatic rings. The molecule has 1 aromatic rings. The molecule has 1 saturated carbocycles. The second kappa shape index (κ2) is 4.79. The highest BCUT2D eigenvalue weighted by Crippen LogP contribution is 2.35. The van der Waals surface area contributed by atoms with Crippen molar-refractivity contribution in [1.82, 2.24) is 15.1 Å². The molecule has 0 radical (unpaired) electrons. The van der Waals surface area contributed by atoms with Gasteiger partial charge in [0, 0.05) is 25.0 Å². The molecule has 1 atom stereocenters. The monoisotopic (exact) mass is 207 g/mol. The maximum atomic E-state index is 4.20. The summed E-state index contributed by atoms with van der Waals surface area (Å²) in [6.45, 7) is 6.62. The molecule has 0 bridgehead atoms. The fourth-order valence-electron chi connectivity index (χ4n) is 2.18. The third-order valence-corrected chi connectivity index (χ3v) is 3.13. The van der Waals surface area contributed by atoms with E-state index in [2.05, 4.69) is 24.3 Å². The Morgan fingerprint density at radius 1 is 1.47 bits per heavy atom. The molecular formula is C12H21N3. The Labute approximate surface area is 91.9 Å². The second-order valence-corrected chi connectivity index (χ2v) is 4.83. The van der Waals surface area contributed by atoms with Crippen molar-refractivity contribution in [3.63, 3.8) is 0 Å². The minimum Gasteiger partial charge on any atom is -0.312 e.